The largest absolute Gasteiger partial charge is 0.368 e. The maximum Gasteiger partial charge on any atom is 0.0918 e. The van der Waals surface area contributed by atoms with Crippen LogP contribution in [0.25, 0.3) is 17.3 Å². The summed E-state index contributed by atoms with van der Waals surface area (Å²) in [5, 5.41) is 9.37. The Balaban J connectivity index is 1.87. The monoisotopic (exact) mass is 341 g/mol. The highest BCUT2D eigenvalue weighted by Crippen LogP contribution is 2.38. The van der Waals surface area contributed by atoms with Crippen molar-refractivity contribution in [2.75, 3.05) is 32.7 Å². The van der Waals surface area contributed by atoms with Gasteiger partial charge in [-0.3, -0.25) is 0 Å². The lowest BCUT2D eigenvalue weighted by molar-refractivity contribution is 0.183. The van der Waals surface area contributed by atoms with Crippen LogP contribution in [-0.4, -0.2) is 42.5 Å². The lowest BCUT2D eigenvalue weighted by atomic mass is 9.93. The summed E-state index contributed by atoms with van der Waals surface area (Å²) in [7, 11) is 0. The van der Waals surface area contributed by atoms with E-state index in [-0.39, 0.29) is 0 Å². The second-order valence-corrected chi connectivity index (χ2v) is 6.77. The van der Waals surface area contributed by atoms with E-state index in [1.165, 1.54) is 16.8 Å². The second kappa shape index (κ2) is 7.19. The second-order valence-electron chi connectivity index (χ2n) is 6.77. The van der Waals surface area contributed by atoms with Crippen LogP contribution in [0.15, 0.2) is 54.6 Å². The van der Waals surface area contributed by atoms with Gasteiger partial charge in [0.05, 0.1) is 6.07 Å². The Morgan fingerprint density at radius 1 is 0.923 bits per heavy atom. The summed E-state index contributed by atoms with van der Waals surface area (Å²) in [5.41, 5.74) is 6.95. The molecule has 0 radical (unpaired) electrons. The van der Waals surface area contributed by atoms with Crippen molar-refractivity contribution in [3.05, 3.63) is 76.9 Å². The van der Waals surface area contributed by atoms with Crippen LogP contribution in [0.2, 0.25) is 0 Å². The Bertz CT molecular complexity index is 909. The smallest absolute Gasteiger partial charge is 0.0918 e. The van der Waals surface area contributed by atoms with Crippen molar-refractivity contribution in [2.45, 2.75) is 6.92 Å². The van der Waals surface area contributed by atoms with Crippen LogP contribution in [0.1, 0.15) is 29.2 Å². The minimum atomic E-state index is 1.01. The highest BCUT2D eigenvalue weighted by Gasteiger charge is 2.24. The van der Waals surface area contributed by atoms with Gasteiger partial charge in [-0.25, -0.2) is 0 Å². The first-order valence-electron chi connectivity index (χ1n) is 9.29. The lowest BCUT2D eigenvalue weighted by Gasteiger charge is -2.37. The van der Waals surface area contributed by atoms with Crippen molar-refractivity contribution >= 4 is 17.3 Å². The summed E-state index contributed by atoms with van der Waals surface area (Å²) in [6.45, 7) is 7.60. The average molecular weight is 341 g/mol. The van der Waals surface area contributed by atoms with E-state index in [0.717, 1.165) is 49.4 Å². The maximum absolute atomic E-state index is 9.37. The topological polar surface area (TPSA) is 30.3 Å². The molecular weight excluding hydrogens is 318 g/mol. The quantitative estimate of drug-likeness (QED) is 0.771. The number of likely N-dealkylation sites (N-methyl/N-ethyl adjacent to an activating group) is 1. The molecule has 2 aromatic carbocycles. The Hall–Kier alpha value is -2.83. The molecule has 1 aliphatic heterocycles. The fourth-order valence-corrected chi connectivity index (χ4v) is 3.97. The number of fused-ring (bicyclic) bond motifs is 2. The number of allylic oxidation sites excluding steroid dienone is 1. The molecule has 0 N–H and O–H groups in total. The van der Waals surface area contributed by atoms with E-state index >= 15 is 0 Å². The van der Waals surface area contributed by atoms with Crippen molar-refractivity contribution < 1.29 is 0 Å². The van der Waals surface area contributed by atoms with Gasteiger partial charge in [0.25, 0.3) is 0 Å². The molecule has 1 aliphatic carbocycles. The van der Waals surface area contributed by atoms with Gasteiger partial charge in [-0.15, -0.1) is 0 Å². The minimum absolute atomic E-state index is 1.01. The highest BCUT2D eigenvalue weighted by atomic mass is 15.3. The molecule has 0 unspecified atom stereocenters. The molecule has 0 saturated carbocycles. The van der Waals surface area contributed by atoms with E-state index < -0.39 is 0 Å². The summed E-state index contributed by atoms with van der Waals surface area (Å²) in [4.78, 5) is 4.99. The average Bonchev–Trinajstić information content (AvgIpc) is 2.84. The molecule has 0 amide bonds. The van der Waals surface area contributed by atoms with Gasteiger partial charge < -0.3 is 9.80 Å². The molecule has 1 saturated heterocycles. The fourth-order valence-electron chi connectivity index (χ4n) is 3.97. The maximum atomic E-state index is 9.37. The Morgan fingerprint density at radius 2 is 1.58 bits per heavy atom. The van der Waals surface area contributed by atoms with Gasteiger partial charge in [0.15, 0.2) is 0 Å². The van der Waals surface area contributed by atoms with E-state index in [9.17, 15) is 5.26 Å². The number of nitrogens with zero attached hydrogens (tertiary/aromatic N) is 3. The molecule has 2 aliphatic rings. The van der Waals surface area contributed by atoms with Gasteiger partial charge in [0, 0.05) is 49.1 Å². The molecule has 2 aromatic rings. The Kier molecular flexibility index (Phi) is 4.60. The van der Waals surface area contributed by atoms with Crippen LogP contribution in [0.3, 0.4) is 0 Å². The van der Waals surface area contributed by atoms with Crippen LogP contribution in [0.5, 0.6) is 0 Å². The Morgan fingerprint density at radius 3 is 2.27 bits per heavy atom. The van der Waals surface area contributed by atoms with Crippen LogP contribution in [-0.2, 0) is 0 Å². The van der Waals surface area contributed by atoms with E-state index in [1.807, 2.05) is 6.07 Å². The number of benzene rings is 2. The number of hydrogen-bond donors (Lipinski definition) is 0. The van der Waals surface area contributed by atoms with E-state index in [4.69, 9.17) is 0 Å². The van der Waals surface area contributed by atoms with Crippen LogP contribution in [0, 0.1) is 11.3 Å². The first-order chi connectivity index (χ1) is 12.8. The fraction of sp³-hybridized carbons (Fsp3) is 0.261. The number of rotatable bonds is 2. The predicted molar refractivity (Wildman–Crippen MR) is 107 cm³/mol. The van der Waals surface area contributed by atoms with Crippen molar-refractivity contribution in [3.8, 4) is 6.07 Å². The zero-order valence-corrected chi connectivity index (χ0v) is 15.2. The van der Waals surface area contributed by atoms with Crippen molar-refractivity contribution in [2.24, 2.45) is 0 Å². The predicted octanol–water partition coefficient (Wildman–Crippen LogP) is 4.09. The van der Waals surface area contributed by atoms with E-state index in [1.54, 1.807) is 6.08 Å². The standard InChI is InChI=1S/C23H23N3/c1-2-25-13-15-26(16-14-25)23-17-18-7-3-4-8-19(18)21(11-12-24)20-9-5-6-10-22(20)23/h3-11,17H,2,13-16H2,1H3. The van der Waals surface area contributed by atoms with Crippen LogP contribution < -0.4 is 0 Å². The van der Waals surface area contributed by atoms with Crippen LogP contribution >= 0.6 is 0 Å². The molecule has 0 bridgehead atoms. The number of hydrogen-bond acceptors (Lipinski definition) is 3. The van der Waals surface area contributed by atoms with Gasteiger partial charge in [0.1, 0.15) is 0 Å². The lowest BCUT2D eigenvalue weighted by Crippen LogP contribution is -2.45. The molecule has 0 aromatic heterocycles. The van der Waals surface area contributed by atoms with E-state index in [2.05, 4.69) is 71.3 Å². The van der Waals surface area contributed by atoms with Crippen molar-refractivity contribution in [1.29, 1.82) is 5.26 Å². The summed E-state index contributed by atoms with van der Waals surface area (Å²) in [6.07, 6.45) is 3.98. The zero-order valence-electron chi connectivity index (χ0n) is 15.2. The third kappa shape index (κ3) is 2.94. The molecule has 0 spiro atoms. The summed E-state index contributed by atoms with van der Waals surface area (Å²) < 4.78 is 0. The molecular formula is C23H23N3. The normalized spacial score (nSPS) is 18.5. The third-order valence-electron chi connectivity index (χ3n) is 5.41. The number of nitriles is 1. The van der Waals surface area contributed by atoms with Gasteiger partial charge in [-0.2, -0.15) is 5.26 Å². The first-order valence-corrected chi connectivity index (χ1v) is 9.29. The first kappa shape index (κ1) is 16.6. The van der Waals surface area contributed by atoms with Crippen LogP contribution in [0.4, 0.5) is 0 Å². The Labute approximate surface area is 155 Å². The van der Waals surface area contributed by atoms with Gasteiger partial charge in [-0.05, 0) is 29.3 Å². The molecule has 3 nitrogen and oxygen atoms in total. The molecule has 1 fully saturated rings. The third-order valence-corrected chi connectivity index (χ3v) is 5.41. The highest BCUT2D eigenvalue weighted by molar-refractivity contribution is 5.98. The van der Waals surface area contributed by atoms with Gasteiger partial charge in [0.2, 0.25) is 0 Å². The molecule has 26 heavy (non-hydrogen) atoms. The van der Waals surface area contributed by atoms with Crippen molar-refractivity contribution in [3.63, 3.8) is 0 Å². The molecule has 0 atom stereocenters. The minimum Gasteiger partial charge on any atom is -0.368 e. The van der Waals surface area contributed by atoms with Crippen molar-refractivity contribution in [1.82, 2.24) is 9.80 Å². The van der Waals surface area contributed by atoms with Gasteiger partial charge in [-0.1, -0.05) is 55.5 Å². The van der Waals surface area contributed by atoms with E-state index in [0.29, 0.717) is 0 Å². The SMILES string of the molecule is CCN1CCN(C2=Cc3ccccc3C(=CC#N)c3ccccc32)CC1. The summed E-state index contributed by atoms with van der Waals surface area (Å²) in [6, 6.07) is 19.1. The molecule has 4 rings (SSSR count). The number of piperazine rings is 1. The summed E-state index contributed by atoms with van der Waals surface area (Å²) >= 11 is 0. The molecule has 130 valence electrons. The zero-order chi connectivity index (χ0) is 17.9. The molecule has 1 heterocycles. The van der Waals surface area contributed by atoms with Gasteiger partial charge >= 0.3 is 0 Å². The molecule has 3 heteroatoms. The summed E-state index contributed by atoms with van der Waals surface area (Å²) in [5.74, 6) is 0.